The Morgan fingerprint density at radius 3 is 2.08 bits per heavy atom. The molecule has 25 heavy (non-hydrogen) atoms. The maximum atomic E-state index is 12.1. The third-order valence-corrected chi connectivity index (χ3v) is 4.22. The lowest BCUT2D eigenvalue weighted by Gasteiger charge is -2.12. The molecule has 0 saturated carbocycles. The number of carbonyl (C=O) groups is 1. The number of anilines is 1. The second-order valence-electron chi connectivity index (χ2n) is 5.01. The van der Waals surface area contributed by atoms with E-state index in [0.29, 0.717) is 17.2 Å². The molecule has 1 amide bonds. The Morgan fingerprint density at radius 2 is 1.60 bits per heavy atom. The van der Waals surface area contributed by atoms with Crippen molar-refractivity contribution in [3.05, 3.63) is 48.0 Å². The first-order valence-electron chi connectivity index (χ1n) is 7.54. The Bertz CT molecular complexity index is 732. The number of hydrogen-bond donors (Lipinski definition) is 1. The van der Waals surface area contributed by atoms with E-state index < -0.39 is 0 Å². The highest BCUT2D eigenvalue weighted by Crippen LogP contribution is 2.38. The van der Waals surface area contributed by atoms with Gasteiger partial charge in [-0.25, -0.2) is 0 Å². The third-order valence-electron chi connectivity index (χ3n) is 3.47. The molecule has 2 rings (SSSR count). The van der Waals surface area contributed by atoms with Crippen LogP contribution in [0.5, 0.6) is 17.2 Å². The number of amides is 1. The molecule has 0 aliphatic heterocycles. The van der Waals surface area contributed by atoms with Crippen molar-refractivity contribution in [3.63, 3.8) is 0 Å². The van der Waals surface area contributed by atoms with Gasteiger partial charge in [0.25, 0.3) is 0 Å². The highest BCUT2D eigenvalue weighted by molar-refractivity contribution is 7.98. The van der Waals surface area contributed by atoms with Crippen LogP contribution in [-0.4, -0.2) is 33.5 Å². The number of ether oxygens (including phenoxy) is 3. The quantitative estimate of drug-likeness (QED) is 0.596. The van der Waals surface area contributed by atoms with Crippen molar-refractivity contribution in [2.75, 3.05) is 32.9 Å². The van der Waals surface area contributed by atoms with Crippen LogP contribution in [0, 0.1) is 0 Å². The van der Waals surface area contributed by atoms with Gasteiger partial charge in [0.15, 0.2) is 11.5 Å². The Hall–Kier alpha value is -2.60. The van der Waals surface area contributed by atoms with Crippen molar-refractivity contribution in [1.29, 1.82) is 0 Å². The smallest absolute Gasteiger partial charge is 0.248 e. The minimum atomic E-state index is -0.217. The van der Waals surface area contributed by atoms with Gasteiger partial charge < -0.3 is 19.5 Å². The monoisotopic (exact) mass is 359 g/mol. The molecule has 0 aliphatic carbocycles. The molecule has 0 radical (unpaired) electrons. The van der Waals surface area contributed by atoms with Crippen LogP contribution in [0.15, 0.2) is 47.4 Å². The predicted molar refractivity (Wildman–Crippen MR) is 102 cm³/mol. The average molecular weight is 359 g/mol. The van der Waals surface area contributed by atoms with Crippen LogP contribution in [0.1, 0.15) is 5.56 Å². The number of benzene rings is 2. The molecule has 132 valence electrons. The predicted octanol–water partition coefficient (Wildman–Crippen LogP) is 4.09. The zero-order valence-corrected chi connectivity index (χ0v) is 15.5. The number of carbonyl (C=O) groups excluding carboxylic acids is 1. The van der Waals surface area contributed by atoms with E-state index >= 15 is 0 Å². The summed E-state index contributed by atoms with van der Waals surface area (Å²) in [6, 6.07) is 11.2. The Kier molecular flexibility index (Phi) is 6.77. The first-order valence-corrected chi connectivity index (χ1v) is 8.77. The molecule has 0 bridgehead atoms. The molecule has 0 aliphatic rings. The maximum Gasteiger partial charge on any atom is 0.248 e. The van der Waals surface area contributed by atoms with Gasteiger partial charge in [0.05, 0.1) is 21.3 Å². The summed E-state index contributed by atoms with van der Waals surface area (Å²) >= 11 is 1.65. The summed E-state index contributed by atoms with van der Waals surface area (Å²) in [7, 11) is 4.65. The van der Waals surface area contributed by atoms with Gasteiger partial charge in [0.1, 0.15) is 0 Å². The normalized spacial score (nSPS) is 10.6. The van der Waals surface area contributed by atoms with E-state index in [2.05, 4.69) is 5.32 Å². The van der Waals surface area contributed by atoms with Crippen molar-refractivity contribution in [3.8, 4) is 17.2 Å². The zero-order valence-electron chi connectivity index (χ0n) is 14.7. The van der Waals surface area contributed by atoms with Gasteiger partial charge in [-0.1, -0.05) is 0 Å². The second-order valence-corrected chi connectivity index (χ2v) is 5.89. The minimum absolute atomic E-state index is 0.217. The number of methoxy groups -OCH3 is 3. The molecule has 0 spiro atoms. The van der Waals surface area contributed by atoms with E-state index in [1.807, 2.05) is 30.5 Å². The molecule has 2 aromatic rings. The van der Waals surface area contributed by atoms with Crippen molar-refractivity contribution < 1.29 is 19.0 Å². The van der Waals surface area contributed by atoms with Crippen LogP contribution < -0.4 is 19.5 Å². The van der Waals surface area contributed by atoms with Crippen LogP contribution >= 0.6 is 11.8 Å². The fourth-order valence-corrected chi connectivity index (χ4v) is 2.64. The fourth-order valence-electron chi connectivity index (χ4n) is 2.23. The van der Waals surface area contributed by atoms with Crippen molar-refractivity contribution in [1.82, 2.24) is 0 Å². The maximum absolute atomic E-state index is 12.1. The van der Waals surface area contributed by atoms with Crippen LogP contribution in [0.2, 0.25) is 0 Å². The lowest BCUT2D eigenvalue weighted by molar-refractivity contribution is -0.111. The second kappa shape index (κ2) is 9.03. The van der Waals surface area contributed by atoms with E-state index in [1.165, 1.54) is 6.08 Å². The van der Waals surface area contributed by atoms with E-state index in [4.69, 9.17) is 14.2 Å². The van der Waals surface area contributed by atoms with Crippen LogP contribution in [0.3, 0.4) is 0 Å². The lowest BCUT2D eigenvalue weighted by Crippen LogP contribution is -2.07. The van der Waals surface area contributed by atoms with Gasteiger partial charge in [-0.15, -0.1) is 11.8 Å². The Labute approximate surface area is 152 Å². The van der Waals surface area contributed by atoms with Crippen LogP contribution in [-0.2, 0) is 4.79 Å². The minimum Gasteiger partial charge on any atom is -0.493 e. The van der Waals surface area contributed by atoms with Gasteiger partial charge >= 0.3 is 0 Å². The first-order chi connectivity index (χ1) is 12.1. The summed E-state index contributed by atoms with van der Waals surface area (Å²) in [6.07, 6.45) is 5.16. The van der Waals surface area contributed by atoms with Crippen molar-refractivity contribution in [2.24, 2.45) is 0 Å². The van der Waals surface area contributed by atoms with E-state index in [9.17, 15) is 4.79 Å². The fraction of sp³-hybridized carbons (Fsp3) is 0.211. The molecule has 6 heteroatoms. The van der Waals surface area contributed by atoms with Crippen LogP contribution in [0.25, 0.3) is 6.08 Å². The largest absolute Gasteiger partial charge is 0.493 e. The summed E-state index contributed by atoms with van der Waals surface area (Å²) in [5.74, 6) is 1.37. The number of nitrogens with one attached hydrogen (secondary N) is 1. The SMILES string of the molecule is COc1cc(/C=C/C(=O)Nc2ccc(SC)cc2)cc(OC)c1OC. The number of thioether (sulfide) groups is 1. The summed E-state index contributed by atoms with van der Waals surface area (Å²) in [5.41, 5.74) is 1.51. The molecule has 5 nitrogen and oxygen atoms in total. The summed E-state index contributed by atoms with van der Waals surface area (Å²) in [6.45, 7) is 0. The lowest BCUT2D eigenvalue weighted by atomic mass is 10.1. The highest BCUT2D eigenvalue weighted by Gasteiger charge is 2.12. The molecule has 1 N–H and O–H groups in total. The summed E-state index contributed by atoms with van der Waals surface area (Å²) in [5, 5.41) is 2.82. The average Bonchev–Trinajstić information content (AvgIpc) is 2.65. The topological polar surface area (TPSA) is 56.8 Å². The molecule has 0 saturated heterocycles. The summed E-state index contributed by atoms with van der Waals surface area (Å²) < 4.78 is 15.9. The Balaban J connectivity index is 2.13. The van der Waals surface area contributed by atoms with Gasteiger partial charge in [0.2, 0.25) is 11.7 Å². The van der Waals surface area contributed by atoms with Gasteiger partial charge in [-0.3, -0.25) is 4.79 Å². The number of hydrogen-bond acceptors (Lipinski definition) is 5. The third kappa shape index (κ3) is 4.93. The van der Waals surface area contributed by atoms with E-state index in [1.54, 1.807) is 51.3 Å². The number of rotatable bonds is 7. The molecule has 0 atom stereocenters. The van der Waals surface area contributed by atoms with E-state index in [-0.39, 0.29) is 5.91 Å². The molecular formula is C19H21NO4S. The first kappa shape index (κ1) is 18.7. The Morgan fingerprint density at radius 1 is 1.00 bits per heavy atom. The molecule has 0 fully saturated rings. The van der Waals surface area contributed by atoms with Gasteiger partial charge in [0, 0.05) is 16.7 Å². The molecular weight excluding hydrogens is 338 g/mol. The van der Waals surface area contributed by atoms with Gasteiger partial charge in [-0.05, 0) is 54.3 Å². The molecule has 0 heterocycles. The molecule has 0 unspecified atom stereocenters. The highest BCUT2D eigenvalue weighted by atomic mass is 32.2. The van der Waals surface area contributed by atoms with Gasteiger partial charge in [-0.2, -0.15) is 0 Å². The molecule has 2 aromatic carbocycles. The standard InChI is InChI=1S/C19H21NO4S/c1-22-16-11-13(12-17(23-2)19(16)24-3)5-10-18(21)20-14-6-8-15(25-4)9-7-14/h5-12H,1-4H3,(H,20,21)/b10-5+. The molecule has 0 aromatic heterocycles. The van der Waals surface area contributed by atoms with Crippen molar-refractivity contribution >= 4 is 29.4 Å². The van der Waals surface area contributed by atoms with Crippen LogP contribution in [0.4, 0.5) is 5.69 Å². The van der Waals surface area contributed by atoms with E-state index in [0.717, 1.165) is 16.1 Å². The zero-order chi connectivity index (χ0) is 18.2. The summed E-state index contributed by atoms with van der Waals surface area (Å²) in [4.78, 5) is 13.2. The van der Waals surface area contributed by atoms with Crippen molar-refractivity contribution in [2.45, 2.75) is 4.90 Å².